The molecule has 2 aliphatic rings. The van der Waals surface area contributed by atoms with Gasteiger partial charge in [-0.1, -0.05) is 0 Å². The van der Waals surface area contributed by atoms with E-state index in [1.807, 2.05) is 6.07 Å². The molecule has 2 aliphatic carbocycles. The number of pyridine rings is 2. The summed E-state index contributed by atoms with van der Waals surface area (Å²) in [6.07, 6.45) is 5.26. The number of aliphatic hydroxyl groups excluding tert-OH is 1. The molecule has 0 amide bonds. The Bertz CT molecular complexity index is 1230. The highest BCUT2D eigenvalue weighted by Crippen LogP contribution is 2.41. The van der Waals surface area contributed by atoms with Crippen LogP contribution in [0.1, 0.15) is 65.6 Å². The van der Waals surface area contributed by atoms with E-state index in [0.29, 0.717) is 16.9 Å². The van der Waals surface area contributed by atoms with E-state index in [2.05, 4.69) is 4.98 Å². The van der Waals surface area contributed by atoms with Crippen LogP contribution in [0.2, 0.25) is 0 Å². The number of carbonyl (C=O) groups is 1. The van der Waals surface area contributed by atoms with Gasteiger partial charge in [-0.15, -0.1) is 11.3 Å². The number of thiophene rings is 1. The molecule has 1 unspecified atom stereocenters. The first-order valence-corrected chi connectivity index (χ1v) is 11.0. The number of aromatic nitrogens is 2. The zero-order valence-corrected chi connectivity index (χ0v) is 17.3. The molecule has 0 saturated heterocycles. The zero-order chi connectivity index (χ0) is 21.0. The Kier molecular flexibility index (Phi) is 4.71. The second-order valence-electron chi connectivity index (χ2n) is 7.83. The monoisotopic (exact) mass is 428 g/mol. The van der Waals surface area contributed by atoms with E-state index in [4.69, 9.17) is 4.74 Å². The lowest BCUT2D eigenvalue weighted by atomic mass is 9.97. The predicted molar refractivity (Wildman–Crippen MR) is 111 cm³/mol. The molecule has 0 radical (unpaired) electrons. The van der Waals surface area contributed by atoms with Crippen molar-refractivity contribution < 1.29 is 19.0 Å². The summed E-state index contributed by atoms with van der Waals surface area (Å²) in [5.74, 6) is -1.32. The number of halogens is 1. The molecule has 5 rings (SSSR count). The smallest absolute Gasteiger partial charge is 0.343 e. The van der Waals surface area contributed by atoms with Crippen LogP contribution in [0.5, 0.6) is 0 Å². The van der Waals surface area contributed by atoms with E-state index >= 15 is 4.39 Å². The Morgan fingerprint density at radius 3 is 2.87 bits per heavy atom. The van der Waals surface area contributed by atoms with E-state index in [0.717, 1.165) is 36.1 Å². The van der Waals surface area contributed by atoms with Gasteiger partial charge in [0.15, 0.2) is 5.82 Å². The summed E-state index contributed by atoms with van der Waals surface area (Å²) in [6, 6.07) is 3.20. The molecule has 6 nitrogen and oxygen atoms in total. The molecule has 0 aliphatic heterocycles. The van der Waals surface area contributed by atoms with Crippen molar-refractivity contribution in [2.75, 3.05) is 6.61 Å². The maximum atomic E-state index is 15.1. The molecular weight excluding hydrogens is 407 g/mol. The van der Waals surface area contributed by atoms with Crippen molar-refractivity contribution in [2.24, 2.45) is 0 Å². The van der Waals surface area contributed by atoms with Crippen LogP contribution in [-0.4, -0.2) is 27.2 Å². The molecule has 3 heterocycles. The van der Waals surface area contributed by atoms with Crippen LogP contribution in [0.25, 0.3) is 21.6 Å². The number of fused-ring (bicyclic) bond motifs is 2. The number of hydrogen-bond donors (Lipinski definition) is 1. The fraction of sp³-hybridized carbons (Fsp3) is 0.409. The summed E-state index contributed by atoms with van der Waals surface area (Å²) in [5, 5.41) is 10.3. The molecule has 0 bridgehead atoms. The van der Waals surface area contributed by atoms with E-state index < -0.39 is 23.3 Å². The Labute approximate surface area is 175 Å². The number of rotatable bonds is 4. The number of aryl methyl sites for hydroxylation is 1. The molecule has 30 heavy (non-hydrogen) atoms. The Balaban J connectivity index is 1.70. The fourth-order valence-electron chi connectivity index (χ4n) is 4.06. The number of nitrogens with zero attached hydrogens (tertiary/aromatic N) is 2. The van der Waals surface area contributed by atoms with Crippen molar-refractivity contribution in [1.29, 1.82) is 0 Å². The van der Waals surface area contributed by atoms with E-state index in [1.165, 1.54) is 23.6 Å². The lowest BCUT2D eigenvalue weighted by molar-refractivity contribution is 0.0524. The number of esters is 1. The van der Waals surface area contributed by atoms with Crippen molar-refractivity contribution in [3.63, 3.8) is 0 Å². The minimum Gasteiger partial charge on any atom is -0.462 e. The number of aliphatic hydroxyl groups is 1. The summed E-state index contributed by atoms with van der Waals surface area (Å²) in [6.45, 7) is 1.82. The molecule has 1 fully saturated rings. The highest BCUT2D eigenvalue weighted by molar-refractivity contribution is 7.15. The summed E-state index contributed by atoms with van der Waals surface area (Å²) in [7, 11) is 0. The molecule has 0 aromatic carbocycles. The predicted octanol–water partition coefficient (Wildman–Crippen LogP) is 4.15. The van der Waals surface area contributed by atoms with Crippen molar-refractivity contribution in [1.82, 2.24) is 9.55 Å². The van der Waals surface area contributed by atoms with Crippen LogP contribution < -0.4 is 5.43 Å². The van der Waals surface area contributed by atoms with Crippen LogP contribution in [0.4, 0.5) is 4.39 Å². The highest BCUT2D eigenvalue weighted by Gasteiger charge is 2.29. The van der Waals surface area contributed by atoms with Crippen molar-refractivity contribution >= 4 is 28.3 Å². The summed E-state index contributed by atoms with van der Waals surface area (Å²) in [4.78, 5) is 31.2. The van der Waals surface area contributed by atoms with Gasteiger partial charge in [0.05, 0.1) is 23.0 Å². The average molecular weight is 428 g/mol. The molecular formula is C22H21FN2O4S. The quantitative estimate of drug-likeness (QED) is 0.632. The Morgan fingerprint density at radius 1 is 1.37 bits per heavy atom. The molecule has 8 heteroatoms. The van der Waals surface area contributed by atoms with Gasteiger partial charge in [-0.05, 0) is 56.7 Å². The third kappa shape index (κ3) is 3.15. The molecule has 0 spiro atoms. The van der Waals surface area contributed by atoms with Gasteiger partial charge in [-0.3, -0.25) is 4.79 Å². The fourth-order valence-corrected chi connectivity index (χ4v) is 5.28. The normalized spacial score (nSPS) is 18.4. The van der Waals surface area contributed by atoms with Crippen LogP contribution in [0, 0.1) is 5.82 Å². The second kappa shape index (κ2) is 7.28. The van der Waals surface area contributed by atoms with Crippen molar-refractivity contribution in [3.8, 4) is 10.6 Å². The third-order valence-corrected chi connectivity index (χ3v) is 6.98. The first-order valence-electron chi connectivity index (χ1n) is 10.2. The maximum Gasteiger partial charge on any atom is 0.343 e. The number of ether oxygens (including phenoxy) is 1. The zero-order valence-electron chi connectivity index (χ0n) is 16.5. The van der Waals surface area contributed by atoms with E-state index in [-0.39, 0.29) is 29.3 Å². The topological polar surface area (TPSA) is 81.4 Å². The maximum absolute atomic E-state index is 15.1. The number of carbonyl (C=O) groups excluding carboxylic acids is 1. The first kappa shape index (κ1) is 19.4. The molecule has 3 aromatic heterocycles. The summed E-state index contributed by atoms with van der Waals surface area (Å²) >= 11 is 1.35. The van der Waals surface area contributed by atoms with Crippen molar-refractivity contribution in [3.05, 3.63) is 50.4 Å². The third-order valence-electron chi connectivity index (χ3n) is 5.69. The van der Waals surface area contributed by atoms with E-state index in [1.54, 1.807) is 11.5 Å². The summed E-state index contributed by atoms with van der Waals surface area (Å²) < 4.78 is 21.9. The van der Waals surface area contributed by atoms with Gasteiger partial charge in [0.2, 0.25) is 5.43 Å². The standard InChI is InChI=1S/C22H21FN2O4S/c1-2-29-22(28)14-10-25(12-6-7-12)21-13(19(14)27)9-15(23)18(24-21)17-8-11-4-3-5-16(26)20(11)30-17/h8-10,12,16,26H,2-7H2,1H3. The van der Waals surface area contributed by atoms with Gasteiger partial charge in [-0.25, -0.2) is 14.2 Å². The van der Waals surface area contributed by atoms with Crippen molar-refractivity contribution in [2.45, 2.75) is 51.2 Å². The van der Waals surface area contributed by atoms with Gasteiger partial charge in [0, 0.05) is 17.1 Å². The lowest BCUT2D eigenvalue weighted by Crippen LogP contribution is -2.21. The van der Waals surface area contributed by atoms with E-state index in [9.17, 15) is 14.7 Å². The molecule has 1 saturated carbocycles. The second-order valence-corrected chi connectivity index (χ2v) is 8.91. The van der Waals surface area contributed by atoms with Crippen LogP contribution in [-0.2, 0) is 11.2 Å². The van der Waals surface area contributed by atoms with Gasteiger partial charge in [0.25, 0.3) is 0 Å². The number of hydrogen-bond acceptors (Lipinski definition) is 6. The molecule has 1 N–H and O–H groups in total. The van der Waals surface area contributed by atoms with Crippen LogP contribution in [0.3, 0.4) is 0 Å². The minimum absolute atomic E-state index is 0.0788. The molecule has 3 aromatic rings. The Hall–Kier alpha value is -2.58. The lowest BCUT2D eigenvalue weighted by Gasteiger charge is -2.16. The van der Waals surface area contributed by atoms with Gasteiger partial charge in [-0.2, -0.15) is 0 Å². The van der Waals surface area contributed by atoms with Crippen LogP contribution in [0.15, 0.2) is 23.1 Å². The SMILES string of the molecule is CCOC(=O)c1cn(C2CC2)c2nc(-c3cc4c(s3)C(O)CCC4)c(F)cc2c1=O. The highest BCUT2D eigenvalue weighted by atomic mass is 32.1. The van der Waals surface area contributed by atoms with Gasteiger partial charge >= 0.3 is 5.97 Å². The minimum atomic E-state index is -0.705. The van der Waals surface area contributed by atoms with Crippen LogP contribution >= 0.6 is 11.3 Å². The molecule has 1 atom stereocenters. The average Bonchev–Trinajstić information content (AvgIpc) is 3.47. The first-order chi connectivity index (χ1) is 14.5. The largest absolute Gasteiger partial charge is 0.462 e. The Morgan fingerprint density at radius 2 is 2.17 bits per heavy atom. The summed E-state index contributed by atoms with van der Waals surface area (Å²) in [5.41, 5.74) is 0.914. The van der Waals surface area contributed by atoms with Gasteiger partial charge < -0.3 is 14.4 Å². The van der Waals surface area contributed by atoms with Gasteiger partial charge in [0.1, 0.15) is 16.9 Å². The molecule has 156 valence electrons.